The topological polar surface area (TPSA) is 68.0 Å². The zero-order chi connectivity index (χ0) is 13.7. The van der Waals surface area contributed by atoms with Gasteiger partial charge in [0.05, 0.1) is 12.5 Å². The Morgan fingerprint density at radius 3 is 2.47 bits per heavy atom. The maximum absolute atomic E-state index is 11.9. The molecule has 19 heavy (non-hydrogen) atoms. The van der Waals surface area contributed by atoms with Crippen LogP contribution in [0.25, 0.3) is 0 Å². The summed E-state index contributed by atoms with van der Waals surface area (Å²) >= 11 is 0. The number of nitrogen functional groups attached to an aromatic ring is 1. The molecule has 0 unspecified atom stereocenters. The van der Waals surface area contributed by atoms with Gasteiger partial charge in [-0.1, -0.05) is 12.1 Å². The molecule has 1 aromatic heterocycles. The highest BCUT2D eigenvalue weighted by Gasteiger charge is 2.09. The van der Waals surface area contributed by atoms with Gasteiger partial charge >= 0.3 is 0 Å². The van der Waals surface area contributed by atoms with Gasteiger partial charge in [0.15, 0.2) is 0 Å². The summed E-state index contributed by atoms with van der Waals surface area (Å²) in [5.41, 5.74) is 8.31. The van der Waals surface area contributed by atoms with E-state index in [1.54, 1.807) is 24.5 Å². The molecule has 1 atom stereocenters. The molecule has 4 nitrogen and oxygen atoms in total. The lowest BCUT2D eigenvalue weighted by Gasteiger charge is -2.14. The minimum Gasteiger partial charge on any atom is -0.399 e. The first kappa shape index (κ1) is 13.1. The van der Waals surface area contributed by atoms with E-state index in [0.29, 0.717) is 12.1 Å². The SMILES string of the molecule is C[C@H](NC(=O)Cc1ccc(N)cc1)c1ccncc1. The van der Waals surface area contributed by atoms with Crippen LogP contribution in [0.4, 0.5) is 5.69 Å². The Morgan fingerprint density at radius 1 is 1.21 bits per heavy atom. The van der Waals surface area contributed by atoms with E-state index in [0.717, 1.165) is 11.1 Å². The number of nitrogens with one attached hydrogen (secondary N) is 1. The van der Waals surface area contributed by atoms with E-state index in [1.807, 2.05) is 31.2 Å². The summed E-state index contributed by atoms with van der Waals surface area (Å²) in [7, 11) is 0. The molecule has 3 N–H and O–H groups in total. The summed E-state index contributed by atoms with van der Waals surface area (Å²) in [6.45, 7) is 1.95. The predicted molar refractivity (Wildman–Crippen MR) is 75.4 cm³/mol. The molecule has 0 fully saturated rings. The number of nitrogens with zero attached hydrogens (tertiary/aromatic N) is 1. The van der Waals surface area contributed by atoms with Crippen LogP contribution in [-0.2, 0) is 11.2 Å². The van der Waals surface area contributed by atoms with Crippen molar-refractivity contribution in [2.75, 3.05) is 5.73 Å². The van der Waals surface area contributed by atoms with Crippen molar-refractivity contribution in [1.29, 1.82) is 0 Å². The standard InChI is InChI=1S/C15H17N3O/c1-11(13-6-8-17-9-7-13)18-15(19)10-12-2-4-14(16)5-3-12/h2-9,11H,10,16H2,1H3,(H,18,19)/t11-/m0/s1. The third-order valence-corrected chi connectivity index (χ3v) is 2.93. The van der Waals surface area contributed by atoms with Gasteiger partial charge in [0.1, 0.15) is 0 Å². The normalized spacial score (nSPS) is 11.8. The summed E-state index contributed by atoms with van der Waals surface area (Å²) in [6, 6.07) is 11.1. The maximum atomic E-state index is 11.9. The molecular weight excluding hydrogens is 238 g/mol. The smallest absolute Gasteiger partial charge is 0.224 e. The fraction of sp³-hybridized carbons (Fsp3) is 0.200. The predicted octanol–water partition coefficient (Wildman–Crippen LogP) is 2.08. The van der Waals surface area contributed by atoms with Crippen LogP contribution in [0.5, 0.6) is 0 Å². The molecule has 0 aliphatic heterocycles. The Kier molecular flexibility index (Phi) is 4.13. The van der Waals surface area contributed by atoms with Crippen molar-refractivity contribution in [3.05, 3.63) is 59.9 Å². The van der Waals surface area contributed by atoms with Crippen LogP contribution in [0, 0.1) is 0 Å². The van der Waals surface area contributed by atoms with Gasteiger partial charge in [-0.2, -0.15) is 0 Å². The van der Waals surface area contributed by atoms with Crippen LogP contribution in [0.2, 0.25) is 0 Å². The minimum atomic E-state index is -0.0238. The van der Waals surface area contributed by atoms with Gasteiger partial charge < -0.3 is 11.1 Å². The van der Waals surface area contributed by atoms with Crippen LogP contribution in [0.15, 0.2) is 48.8 Å². The number of nitrogens with two attached hydrogens (primary N) is 1. The highest BCUT2D eigenvalue weighted by molar-refractivity contribution is 5.79. The Balaban J connectivity index is 1.93. The summed E-state index contributed by atoms with van der Waals surface area (Å²) in [5, 5.41) is 2.96. The molecule has 1 heterocycles. The third-order valence-electron chi connectivity index (χ3n) is 2.93. The molecule has 98 valence electrons. The maximum Gasteiger partial charge on any atom is 0.224 e. The Labute approximate surface area is 112 Å². The molecule has 0 radical (unpaired) electrons. The molecule has 4 heteroatoms. The quantitative estimate of drug-likeness (QED) is 0.822. The molecule has 0 saturated carbocycles. The lowest BCUT2D eigenvalue weighted by molar-refractivity contribution is -0.121. The first-order valence-electron chi connectivity index (χ1n) is 6.19. The molecule has 0 saturated heterocycles. The molecule has 1 amide bonds. The van der Waals surface area contributed by atoms with Crippen LogP contribution >= 0.6 is 0 Å². The van der Waals surface area contributed by atoms with Crippen LogP contribution in [0.1, 0.15) is 24.1 Å². The van der Waals surface area contributed by atoms with E-state index in [1.165, 1.54) is 0 Å². The number of anilines is 1. The van der Waals surface area contributed by atoms with Crippen LogP contribution in [-0.4, -0.2) is 10.9 Å². The van der Waals surface area contributed by atoms with Crippen molar-refractivity contribution in [3.63, 3.8) is 0 Å². The second-order valence-corrected chi connectivity index (χ2v) is 4.49. The molecule has 0 bridgehead atoms. The van der Waals surface area contributed by atoms with E-state index in [-0.39, 0.29) is 11.9 Å². The highest BCUT2D eigenvalue weighted by Crippen LogP contribution is 2.11. The lowest BCUT2D eigenvalue weighted by atomic mass is 10.1. The van der Waals surface area contributed by atoms with Gasteiger partial charge in [-0.3, -0.25) is 9.78 Å². The van der Waals surface area contributed by atoms with E-state index in [2.05, 4.69) is 10.3 Å². The molecule has 1 aromatic carbocycles. The number of carbonyl (C=O) groups excluding carboxylic acids is 1. The van der Waals surface area contributed by atoms with Crippen molar-refractivity contribution in [2.24, 2.45) is 0 Å². The second-order valence-electron chi connectivity index (χ2n) is 4.49. The Morgan fingerprint density at radius 2 is 1.84 bits per heavy atom. The zero-order valence-corrected chi connectivity index (χ0v) is 10.8. The number of aromatic nitrogens is 1. The Bertz CT molecular complexity index is 537. The van der Waals surface area contributed by atoms with Crippen molar-refractivity contribution in [1.82, 2.24) is 10.3 Å². The van der Waals surface area contributed by atoms with Gasteiger partial charge in [0, 0.05) is 18.1 Å². The van der Waals surface area contributed by atoms with E-state index >= 15 is 0 Å². The molecule has 0 aliphatic carbocycles. The molecule has 0 aliphatic rings. The van der Waals surface area contributed by atoms with Crippen LogP contribution < -0.4 is 11.1 Å². The molecule has 0 spiro atoms. The van der Waals surface area contributed by atoms with Crippen molar-refractivity contribution >= 4 is 11.6 Å². The van der Waals surface area contributed by atoms with Crippen molar-refractivity contribution in [2.45, 2.75) is 19.4 Å². The zero-order valence-electron chi connectivity index (χ0n) is 10.8. The monoisotopic (exact) mass is 255 g/mol. The second kappa shape index (κ2) is 6.00. The molecule has 2 aromatic rings. The number of pyridine rings is 1. The largest absolute Gasteiger partial charge is 0.399 e. The van der Waals surface area contributed by atoms with E-state index in [4.69, 9.17) is 5.73 Å². The van der Waals surface area contributed by atoms with Gasteiger partial charge in [0.25, 0.3) is 0 Å². The summed E-state index contributed by atoms with van der Waals surface area (Å²) in [4.78, 5) is 15.9. The van der Waals surface area contributed by atoms with E-state index < -0.39 is 0 Å². The fourth-order valence-corrected chi connectivity index (χ4v) is 1.85. The number of hydrogen-bond acceptors (Lipinski definition) is 3. The summed E-state index contributed by atoms with van der Waals surface area (Å²) in [6.07, 6.45) is 3.80. The van der Waals surface area contributed by atoms with Crippen molar-refractivity contribution in [3.8, 4) is 0 Å². The van der Waals surface area contributed by atoms with Crippen LogP contribution in [0.3, 0.4) is 0 Å². The average Bonchev–Trinajstić information content (AvgIpc) is 2.42. The Hall–Kier alpha value is -2.36. The average molecular weight is 255 g/mol. The molecule has 2 rings (SSSR count). The first-order chi connectivity index (χ1) is 9.15. The summed E-state index contributed by atoms with van der Waals surface area (Å²) in [5.74, 6) is -0.00548. The first-order valence-corrected chi connectivity index (χ1v) is 6.19. The highest BCUT2D eigenvalue weighted by atomic mass is 16.1. The van der Waals surface area contributed by atoms with Gasteiger partial charge in [0.2, 0.25) is 5.91 Å². The van der Waals surface area contributed by atoms with Crippen molar-refractivity contribution < 1.29 is 4.79 Å². The number of carbonyl (C=O) groups is 1. The van der Waals surface area contributed by atoms with E-state index in [9.17, 15) is 4.79 Å². The number of hydrogen-bond donors (Lipinski definition) is 2. The fourth-order valence-electron chi connectivity index (χ4n) is 1.85. The lowest BCUT2D eigenvalue weighted by Crippen LogP contribution is -2.28. The van der Waals surface area contributed by atoms with Gasteiger partial charge in [-0.15, -0.1) is 0 Å². The van der Waals surface area contributed by atoms with Gasteiger partial charge in [-0.25, -0.2) is 0 Å². The molecular formula is C15H17N3O. The van der Waals surface area contributed by atoms with Gasteiger partial charge in [-0.05, 0) is 42.3 Å². The number of amides is 1. The number of rotatable bonds is 4. The third kappa shape index (κ3) is 3.81. The number of benzene rings is 1. The minimum absolute atomic E-state index is 0.00548. The summed E-state index contributed by atoms with van der Waals surface area (Å²) < 4.78 is 0.